The van der Waals surface area contributed by atoms with Crippen molar-refractivity contribution in [3.8, 4) is 23.6 Å². The molecule has 0 bridgehead atoms. The average Bonchev–Trinajstić information content (AvgIpc) is 2.74. The number of carbonyl (C=O) groups is 1. The van der Waals surface area contributed by atoms with Crippen LogP contribution in [-0.4, -0.2) is 21.4 Å². The van der Waals surface area contributed by atoms with Gasteiger partial charge in [-0.05, 0) is 49.6 Å². The molecule has 0 aliphatic rings. The third-order valence-corrected chi connectivity index (χ3v) is 5.63. The van der Waals surface area contributed by atoms with Crippen LogP contribution in [-0.2, 0) is 0 Å². The van der Waals surface area contributed by atoms with Gasteiger partial charge in [-0.3, -0.25) is 9.78 Å². The summed E-state index contributed by atoms with van der Waals surface area (Å²) in [4.78, 5) is 22.1. The molecule has 0 saturated carbocycles. The van der Waals surface area contributed by atoms with E-state index in [-0.39, 0.29) is 5.91 Å². The number of aromatic nitrogens is 2. The third-order valence-electron chi connectivity index (χ3n) is 5.23. The maximum atomic E-state index is 13.3. The van der Waals surface area contributed by atoms with Crippen LogP contribution >= 0.6 is 11.6 Å². The summed E-state index contributed by atoms with van der Waals surface area (Å²) in [5.41, 5.74) is 2.94. The van der Waals surface area contributed by atoms with Gasteiger partial charge in [0.25, 0.3) is 5.91 Å². The Morgan fingerprint density at radius 3 is 2.50 bits per heavy atom. The third kappa shape index (κ3) is 3.58. The number of hydrogen-bond donors (Lipinski definition) is 1. The Bertz CT molecular complexity index is 1070. The number of aryl methyl sites for hydroxylation is 1. The predicted molar refractivity (Wildman–Crippen MR) is 114 cm³/mol. The van der Waals surface area contributed by atoms with E-state index < -0.39 is 5.54 Å². The van der Waals surface area contributed by atoms with Crippen LogP contribution in [0, 0.1) is 19.3 Å². The first-order valence-corrected chi connectivity index (χ1v) is 9.63. The van der Waals surface area contributed by atoms with Gasteiger partial charge in [-0.25, -0.2) is 4.98 Å². The minimum Gasteiger partial charge on any atom is -0.336 e. The summed E-state index contributed by atoms with van der Waals surface area (Å²) in [6.45, 7) is 5.85. The molecule has 1 aromatic carbocycles. The van der Waals surface area contributed by atoms with Gasteiger partial charge < -0.3 is 5.32 Å². The summed E-state index contributed by atoms with van der Waals surface area (Å²) in [5.74, 6) is 2.54. The fourth-order valence-electron chi connectivity index (χ4n) is 3.21. The second kappa shape index (κ2) is 8.00. The number of rotatable bonds is 5. The molecule has 5 heteroatoms. The van der Waals surface area contributed by atoms with Crippen LogP contribution in [0.3, 0.4) is 0 Å². The number of pyridine rings is 2. The summed E-state index contributed by atoms with van der Waals surface area (Å²) in [5, 5.41) is 4.41. The normalized spacial score (nSPS) is 11.2. The molecule has 0 atom stereocenters. The van der Waals surface area contributed by atoms with Crippen molar-refractivity contribution in [3.63, 3.8) is 0 Å². The van der Waals surface area contributed by atoms with Gasteiger partial charge in [-0.15, -0.1) is 6.42 Å². The van der Waals surface area contributed by atoms with Crippen LogP contribution in [0.5, 0.6) is 0 Å². The zero-order chi connectivity index (χ0) is 20.3. The summed E-state index contributed by atoms with van der Waals surface area (Å²) < 4.78 is 0. The van der Waals surface area contributed by atoms with E-state index in [0.717, 1.165) is 16.5 Å². The summed E-state index contributed by atoms with van der Waals surface area (Å²) in [6.07, 6.45) is 10.4. The van der Waals surface area contributed by atoms with Crippen molar-refractivity contribution < 1.29 is 4.79 Å². The maximum Gasteiger partial charge on any atom is 0.253 e. The number of amides is 1. The lowest BCUT2D eigenvalue weighted by Crippen LogP contribution is -2.46. The number of terminal acetylenes is 1. The summed E-state index contributed by atoms with van der Waals surface area (Å²) in [6, 6.07) is 9.14. The zero-order valence-corrected chi connectivity index (χ0v) is 17.0. The molecule has 1 N–H and O–H groups in total. The molecule has 142 valence electrons. The highest BCUT2D eigenvalue weighted by atomic mass is 35.5. The fourth-order valence-corrected chi connectivity index (χ4v) is 3.37. The minimum absolute atomic E-state index is 0.217. The van der Waals surface area contributed by atoms with Crippen LogP contribution in [0.25, 0.3) is 22.2 Å². The van der Waals surface area contributed by atoms with Gasteiger partial charge in [-0.1, -0.05) is 37.4 Å². The lowest BCUT2D eigenvalue weighted by Gasteiger charge is -2.27. The molecule has 2 heterocycles. The predicted octanol–water partition coefficient (Wildman–Crippen LogP) is 5.18. The van der Waals surface area contributed by atoms with Crippen molar-refractivity contribution in [1.82, 2.24) is 15.3 Å². The van der Waals surface area contributed by atoms with Crippen molar-refractivity contribution in [2.24, 2.45) is 0 Å². The molecule has 3 aromatic rings. The van der Waals surface area contributed by atoms with E-state index in [9.17, 15) is 4.79 Å². The highest BCUT2D eigenvalue weighted by Crippen LogP contribution is 2.30. The molecule has 1 amide bonds. The van der Waals surface area contributed by atoms with E-state index in [1.165, 1.54) is 0 Å². The van der Waals surface area contributed by atoms with E-state index in [2.05, 4.69) is 16.2 Å². The van der Waals surface area contributed by atoms with E-state index in [4.69, 9.17) is 23.0 Å². The van der Waals surface area contributed by atoms with E-state index in [1.807, 2.05) is 39.0 Å². The SMILES string of the molecule is C#CC(CC)(CC)NC(=O)c1cc(-c2ccncc2)nc2c(C)c(Cl)ccc12. The van der Waals surface area contributed by atoms with Crippen molar-refractivity contribution in [2.45, 2.75) is 39.2 Å². The zero-order valence-electron chi connectivity index (χ0n) is 16.2. The molecule has 0 radical (unpaired) electrons. The maximum absolute atomic E-state index is 13.3. The molecular weight excluding hydrogens is 370 g/mol. The van der Waals surface area contributed by atoms with Crippen molar-refractivity contribution >= 4 is 28.4 Å². The Kier molecular flexibility index (Phi) is 5.67. The first-order valence-electron chi connectivity index (χ1n) is 9.25. The molecule has 0 saturated heterocycles. The molecule has 0 fully saturated rings. The van der Waals surface area contributed by atoms with E-state index in [1.54, 1.807) is 24.5 Å². The van der Waals surface area contributed by atoms with Crippen molar-refractivity contribution in [2.75, 3.05) is 0 Å². The quantitative estimate of drug-likeness (QED) is 0.609. The number of benzene rings is 1. The highest BCUT2D eigenvalue weighted by molar-refractivity contribution is 6.32. The molecular formula is C23H22ClN3O. The molecule has 0 aliphatic carbocycles. The second-order valence-corrected chi connectivity index (χ2v) is 7.15. The van der Waals surface area contributed by atoms with E-state index >= 15 is 0 Å². The number of hydrogen-bond acceptors (Lipinski definition) is 3. The Morgan fingerprint density at radius 2 is 1.89 bits per heavy atom. The molecule has 28 heavy (non-hydrogen) atoms. The number of nitrogens with one attached hydrogen (secondary N) is 1. The highest BCUT2D eigenvalue weighted by Gasteiger charge is 2.27. The summed E-state index contributed by atoms with van der Waals surface area (Å²) >= 11 is 6.31. The van der Waals surface area contributed by atoms with Gasteiger partial charge in [-0.2, -0.15) is 0 Å². The summed E-state index contributed by atoms with van der Waals surface area (Å²) in [7, 11) is 0. The number of halogens is 1. The standard InChI is InChI=1S/C23H22ClN3O/c1-5-23(6-2,7-3)27-22(28)18-14-20(16-10-12-25-13-11-16)26-21-15(4)19(24)9-8-17(18)21/h1,8-14H,6-7H2,2-4H3,(H,27,28). The van der Waals surface area contributed by atoms with Gasteiger partial charge in [0.2, 0.25) is 0 Å². The smallest absolute Gasteiger partial charge is 0.253 e. The molecule has 2 aromatic heterocycles. The van der Waals surface area contributed by atoms with Crippen LogP contribution < -0.4 is 5.32 Å². The van der Waals surface area contributed by atoms with Gasteiger partial charge in [0.1, 0.15) is 5.54 Å². The molecule has 0 spiro atoms. The topological polar surface area (TPSA) is 54.9 Å². The average molecular weight is 392 g/mol. The second-order valence-electron chi connectivity index (χ2n) is 6.75. The first-order chi connectivity index (χ1) is 13.4. The molecule has 3 rings (SSSR count). The van der Waals surface area contributed by atoms with Crippen molar-refractivity contribution in [3.05, 3.63) is 58.9 Å². The van der Waals surface area contributed by atoms with E-state index in [0.29, 0.717) is 34.6 Å². The monoisotopic (exact) mass is 391 g/mol. The lowest BCUT2D eigenvalue weighted by molar-refractivity contribution is 0.0918. The van der Waals surface area contributed by atoms with Crippen LogP contribution in [0.15, 0.2) is 42.7 Å². The fraction of sp³-hybridized carbons (Fsp3) is 0.261. The van der Waals surface area contributed by atoms with Gasteiger partial charge in [0.05, 0.1) is 16.8 Å². The number of carbonyl (C=O) groups excluding carboxylic acids is 1. The van der Waals surface area contributed by atoms with Crippen LogP contribution in [0.1, 0.15) is 42.6 Å². The first kappa shape index (κ1) is 19.9. The van der Waals surface area contributed by atoms with Crippen LogP contribution in [0.2, 0.25) is 5.02 Å². The van der Waals surface area contributed by atoms with Crippen LogP contribution in [0.4, 0.5) is 0 Å². The minimum atomic E-state index is -0.676. The Morgan fingerprint density at radius 1 is 1.21 bits per heavy atom. The molecule has 0 aliphatic heterocycles. The molecule has 4 nitrogen and oxygen atoms in total. The number of nitrogens with zero attached hydrogens (tertiary/aromatic N) is 2. The number of fused-ring (bicyclic) bond motifs is 1. The van der Waals surface area contributed by atoms with Gasteiger partial charge in [0.15, 0.2) is 0 Å². The molecule has 0 unspecified atom stereocenters. The Balaban J connectivity index is 2.22. The van der Waals surface area contributed by atoms with Gasteiger partial charge >= 0.3 is 0 Å². The lowest BCUT2D eigenvalue weighted by atomic mass is 9.93. The Labute approximate surface area is 170 Å². The largest absolute Gasteiger partial charge is 0.336 e. The van der Waals surface area contributed by atoms with Crippen molar-refractivity contribution in [1.29, 1.82) is 0 Å². The van der Waals surface area contributed by atoms with Gasteiger partial charge in [0, 0.05) is 28.4 Å². The Hall–Kier alpha value is -2.90.